The molecular formula is C21H25NO7S. The molecule has 8 nitrogen and oxygen atoms in total. The molecule has 162 valence electrons. The molecule has 0 fully saturated rings. The van der Waals surface area contributed by atoms with Crippen LogP contribution in [0.2, 0.25) is 0 Å². The van der Waals surface area contributed by atoms with Gasteiger partial charge in [0.15, 0.2) is 0 Å². The van der Waals surface area contributed by atoms with Crippen LogP contribution in [0.5, 0.6) is 17.2 Å². The van der Waals surface area contributed by atoms with E-state index in [9.17, 15) is 14.5 Å². The van der Waals surface area contributed by atoms with Crippen molar-refractivity contribution >= 4 is 23.2 Å². The summed E-state index contributed by atoms with van der Waals surface area (Å²) in [5.74, 6) is 0.430. The van der Waals surface area contributed by atoms with Crippen molar-refractivity contribution in [2.24, 2.45) is 5.73 Å². The van der Waals surface area contributed by atoms with Crippen molar-refractivity contribution in [2.45, 2.75) is 11.5 Å². The maximum Gasteiger partial charge on any atom is 0.356 e. The van der Waals surface area contributed by atoms with Gasteiger partial charge in [0.2, 0.25) is 5.72 Å². The number of carbonyl (C=O) groups is 1. The van der Waals surface area contributed by atoms with E-state index in [1.54, 1.807) is 42.5 Å². The number of carboxylic acid groups (broad SMARTS) is 1. The second-order valence-electron chi connectivity index (χ2n) is 6.22. The van der Waals surface area contributed by atoms with E-state index >= 15 is 0 Å². The van der Waals surface area contributed by atoms with Crippen LogP contribution >= 0.6 is 0 Å². The Kier molecular flexibility index (Phi) is 8.13. The summed E-state index contributed by atoms with van der Waals surface area (Å²) in [5, 5.41) is 10.9. The van der Waals surface area contributed by atoms with Crippen molar-refractivity contribution in [3.63, 3.8) is 0 Å². The average molecular weight is 435 g/mol. The lowest BCUT2D eigenvalue weighted by Crippen LogP contribution is -2.46. The third-order valence-corrected chi connectivity index (χ3v) is 5.50. The lowest BCUT2D eigenvalue weighted by atomic mass is 10.0. The SMILES string of the molecule is COc1cc(OC)c(C=C[S+]([O-])Cc2cccc(C(N)(OC)C(=O)O)c2)c(OC)c1. The van der Waals surface area contributed by atoms with Gasteiger partial charge in [-0.2, -0.15) is 0 Å². The normalized spacial score (nSPS) is 14.2. The maximum absolute atomic E-state index is 12.6. The molecule has 2 atom stereocenters. The number of rotatable bonds is 10. The van der Waals surface area contributed by atoms with Crippen molar-refractivity contribution < 1.29 is 33.4 Å². The first-order valence-electron chi connectivity index (χ1n) is 8.81. The molecule has 0 bridgehead atoms. The van der Waals surface area contributed by atoms with Crippen LogP contribution in [0, 0.1) is 0 Å². The number of benzene rings is 2. The van der Waals surface area contributed by atoms with Crippen LogP contribution in [0.4, 0.5) is 0 Å². The quantitative estimate of drug-likeness (QED) is 0.431. The van der Waals surface area contributed by atoms with Crippen LogP contribution in [0.3, 0.4) is 0 Å². The molecule has 0 saturated carbocycles. The number of hydrogen-bond acceptors (Lipinski definition) is 7. The van der Waals surface area contributed by atoms with Crippen molar-refractivity contribution in [1.82, 2.24) is 0 Å². The van der Waals surface area contributed by atoms with Crippen LogP contribution in [0.15, 0.2) is 41.8 Å². The van der Waals surface area contributed by atoms with E-state index in [2.05, 4.69) is 0 Å². The molecule has 0 saturated heterocycles. The molecule has 30 heavy (non-hydrogen) atoms. The molecule has 0 radical (unpaired) electrons. The number of carboxylic acids is 1. The van der Waals surface area contributed by atoms with Crippen molar-refractivity contribution in [1.29, 1.82) is 0 Å². The predicted molar refractivity (Wildman–Crippen MR) is 114 cm³/mol. The highest BCUT2D eigenvalue weighted by molar-refractivity contribution is 7.93. The van der Waals surface area contributed by atoms with E-state index in [1.165, 1.54) is 33.8 Å². The lowest BCUT2D eigenvalue weighted by molar-refractivity contribution is -0.163. The van der Waals surface area contributed by atoms with E-state index < -0.39 is 22.9 Å². The third kappa shape index (κ3) is 5.25. The Labute approximate surface area is 178 Å². The zero-order chi connectivity index (χ0) is 22.3. The Morgan fingerprint density at radius 2 is 1.77 bits per heavy atom. The maximum atomic E-state index is 12.6. The molecule has 2 aromatic rings. The number of hydrogen-bond donors (Lipinski definition) is 2. The second kappa shape index (κ2) is 10.4. The van der Waals surface area contributed by atoms with E-state index in [4.69, 9.17) is 24.7 Å². The molecule has 0 heterocycles. The third-order valence-electron chi connectivity index (χ3n) is 4.44. The molecule has 0 spiro atoms. The number of ether oxygens (including phenoxy) is 4. The summed E-state index contributed by atoms with van der Waals surface area (Å²) >= 11 is -1.40. The molecule has 9 heteroatoms. The molecule has 0 aliphatic heterocycles. The minimum absolute atomic E-state index is 0.157. The van der Waals surface area contributed by atoms with Gasteiger partial charge in [-0.3, -0.25) is 5.73 Å². The van der Waals surface area contributed by atoms with Crippen LogP contribution in [0.25, 0.3) is 6.08 Å². The standard InChI is InChI=1S/C21H25NO7S/c1-26-16-11-18(27-2)17(19(12-16)28-3)8-9-30(25)13-14-6-5-7-15(10-14)21(22,29-4)20(23)24/h5-12H,13,22H2,1-4H3,(H,23,24). The Hall–Kier alpha value is -2.72. The largest absolute Gasteiger partial charge is 0.612 e. The minimum Gasteiger partial charge on any atom is -0.612 e. The smallest absolute Gasteiger partial charge is 0.356 e. The van der Waals surface area contributed by atoms with Gasteiger partial charge in [0, 0.05) is 36.4 Å². The zero-order valence-corrected chi connectivity index (χ0v) is 18.0. The Morgan fingerprint density at radius 3 is 2.27 bits per heavy atom. The van der Waals surface area contributed by atoms with E-state index in [0.717, 1.165) is 0 Å². The van der Waals surface area contributed by atoms with Gasteiger partial charge in [0.05, 0.1) is 26.9 Å². The first-order valence-corrected chi connectivity index (χ1v) is 10.2. The van der Waals surface area contributed by atoms with Gasteiger partial charge in [0.25, 0.3) is 0 Å². The lowest BCUT2D eigenvalue weighted by Gasteiger charge is -2.23. The topological polar surface area (TPSA) is 123 Å². The van der Waals surface area contributed by atoms with Gasteiger partial charge >= 0.3 is 5.97 Å². The van der Waals surface area contributed by atoms with Gasteiger partial charge in [-0.05, 0) is 17.2 Å². The monoisotopic (exact) mass is 435 g/mol. The van der Waals surface area contributed by atoms with E-state index in [-0.39, 0.29) is 11.3 Å². The highest BCUT2D eigenvalue weighted by Crippen LogP contribution is 2.35. The summed E-state index contributed by atoms with van der Waals surface area (Å²) in [7, 11) is 5.80. The minimum atomic E-state index is -1.98. The number of methoxy groups -OCH3 is 4. The Balaban J connectivity index is 2.25. The fourth-order valence-corrected chi connectivity index (χ4v) is 3.67. The molecule has 2 rings (SSSR count). The first kappa shape index (κ1) is 23.6. The average Bonchev–Trinajstić information content (AvgIpc) is 2.76. The highest BCUT2D eigenvalue weighted by Gasteiger charge is 2.36. The first-order chi connectivity index (χ1) is 14.3. The summed E-state index contributed by atoms with van der Waals surface area (Å²) in [6, 6.07) is 9.90. The van der Waals surface area contributed by atoms with Crippen molar-refractivity contribution in [3.8, 4) is 17.2 Å². The van der Waals surface area contributed by atoms with Crippen molar-refractivity contribution in [3.05, 3.63) is 58.5 Å². The van der Waals surface area contributed by atoms with Gasteiger partial charge in [-0.25, -0.2) is 4.79 Å². The molecule has 3 N–H and O–H groups in total. The molecule has 0 amide bonds. The predicted octanol–water partition coefficient (Wildman–Crippen LogP) is 2.47. The molecule has 2 aromatic carbocycles. The summed E-state index contributed by atoms with van der Waals surface area (Å²) < 4.78 is 33.6. The van der Waals surface area contributed by atoms with Crippen molar-refractivity contribution in [2.75, 3.05) is 28.4 Å². The van der Waals surface area contributed by atoms with Gasteiger partial charge in [-0.1, -0.05) is 18.2 Å². The highest BCUT2D eigenvalue weighted by atomic mass is 32.2. The van der Waals surface area contributed by atoms with Gasteiger partial charge in [-0.15, -0.1) is 0 Å². The number of nitrogens with two attached hydrogens (primary N) is 1. The van der Waals surface area contributed by atoms with Crippen LogP contribution < -0.4 is 19.9 Å². The molecule has 0 aliphatic carbocycles. The van der Waals surface area contributed by atoms with Gasteiger partial charge < -0.3 is 28.6 Å². The fourth-order valence-electron chi connectivity index (χ4n) is 2.77. The number of aliphatic carboxylic acids is 1. The summed E-state index contributed by atoms with van der Waals surface area (Å²) in [5.41, 5.74) is 5.39. The van der Waals surface area contributed by atoms with Crippen LogP contribution in [-0.4, -0.2) is 44.1 Å². The van der Waals surface area contributed by atoms with Crippen LogP contribution in [-0.2, 0) is 32.2 Å². The van der Waals surface area contributed by atoms with E-state index in [0.29, 0.717) is 28.4 Å². The summed E-state index contributed by atoms with van der Waals surface area (Å²) in [4.78, 5) is 11.5. The summed E-state index contributed by atoms with van der Waals surface area (Å²) in [6.45, 7) is 0. The Morgan fingerprint density at radius 1 is 1.13 bits per heavy atom. The molecule has 0 aromatic heterocycles. The zero-order valence-electron chi connectivity index (χ0n) is 17.2. The molecular weight excluding hydrogens is 410 g/mol. The molecule has 2 unspecified atom stereocenters. The van der Waals surface area contributed by atoms with E-state index in [1.807, 2.05) is 0 Å². The molecule has 0 aliphatic rings. The summed E-state index contributed by atoms with van der Waals surface area (Å²) in [6.07, 6.45) is 1.65. The van der Waals surface area contributed by atoms with Gasteiger partial charge in [0.1, 0.15) is 28.4 Å². The fraction of sp³-hybridized carbons (Fsp3) is 0.286. The second-order valence-corrected chi connectivity index (χ2v) is 7.54. The Bertz CT molecular complexity index is 893. The van der Waals surface area contributed by atoms with Crippen LogP contribution in [0.1, 0.15) is 16.7 Å².